The summed E-state index contributed by atoms with van der Waals surface area (Å²) in [5.74, 6) is -0.970. The summed E-state index contributed by atoms with van der Waals surface area (Å²) >= 11 is 0. The average molecular weight is 1320 g/mol. The van der Waals surface area contributed by atoms with Crippen LogP contribution >= 0.6 is 0 Å². The number of phenols is 5. The molecule has 0 saturated heterocycles. The third-order valence-corrected chi connectivity index (χ3v) is 14.6. The summed E-state index contributed by atoms with van der Waals surface area (Å²) in [4.78, 5) is 0. The third kappa shape index (κ3) is 25.8. The van der Waals surface area contributed by atoms with E-state index in [1.54, 1.807) is 33.8 Å². The highest BCUT2D eigenvalue weighted by atomic mass is 16.3. The Morgan fingerprint density at radius 1 is 0.280 bits per heavy atom. The van der Waals surface area contributed by atoms with Gasteiger partial charge in [-0.1, -0.05) is 291 Å². The van der Waals surface area contributed by atoms with E-state index < -0.39 is 141 Å². The van der Waals surface area contributed by atoms with Gasteiger partial charge in [0.25, 0.3) is 1.43 Å². The van der Waals surface area contributed by atoms with Crippen LogP contribution in [0.5, 0.6) is 28.7 Å². The highest BCUT2D eigenvalue weighted by molar-refractivity contribution is 5.61. The normalized spacial score (nSPS) is 20.4. The second kappa shape index (κ2) is 29.8. The first-order valence-corrected chi connectivity index (χ1v) is 30.6. The fourth-order valence-electron chi connectivity index (χ4n) is 9.13. The molecule has 0 amide bonds. The SMILES string of the molecule is [2H]C([2H])([2H])C(C)(C)c1cc(C(C)(C)C([2H])([2H])[2H])c(O)cc1N.[2H]C([2H])([2H])C(C)(C)c1cc(C(C)(C)C)c(N)cc1O.[2H]Oc1c([2H])cc(C(C)(C)C([2H])([2H])[2H])cc1C(C)(C)C([2H])([2H])[2H].[2H]c1c(C(C)(C)C)c(O)cc(N)c1C(C)(C)C([2H])([2H])[2H].[2H]c1cc(C(C)(C)C([2H])([2H])[2H])cc(C(C)(C([2H])([2H])[2H])C([2H])([2H])[2H])c1C.[2H]c1cc(C(C)(C)C([2H])([2H])[2H])cc(C(C)(C)C([2H])([2H])[2H])c1O. The van der Waals surface area contributed by atoms with Crippen LogP contribution in [0.1, 0.15) is 372 Å². The zero-order chi connectivity index (χ0) is 105. The van der Waals surface area contributed by atoms with Gasteiger partial charge in [0.05, 0.1) is 5.48 Å². The van der Waals surface area contributed by atoms with Gasteiger partial charge < -0.3 is 42.7 Å². The molecule has 0 bridgehead atoms. The maximum atomic E-state index is 10.1. The Bertz CT molecular complexity index is 4920. The number of anilines is 3. The van der Waals surface area contributed by atoms with Gasteiger partial charge in [-0.25, -0.2) is 0 Å². The number of rotatable bonds is 1. The summed E-state index contributed by atoms with van der Waals surface area (Å²) in [6, 6.07) is 14.7. The molecule has 8 heteroatoms. The van der Waals surface area contributed by atoms with E-state index in [4.69, 9.17) is 69.4 Å². The number of phenolic OH excluding ortho intramolecular Hbond substituents is 5. The molecule has 0 radical (unpaired) electrons. The summed E-state index contributed by atoms with van der Waals surface area (Å²) in [6.07, 6.45) is 0. The zero-order valence-electron chi connectivity index (χ0n) is 98.3. The molecule has 6 rings (SSSR count). The smallest absolute Gasteiger partial charge is 0.293 e. The van der Waals surface area contributed by atoms with Crippen LogP contribution in [0.25, 0.3) is 0 Å². The maximum Gasteiger partial charge on any atom is 0.293 e. The topological polar surface area (TPSA) is 179 Å². The van der Waals surface area contributed by atoms with Crippen molar-refractivity contribution in [1.82, 2.24) is 0 Å². The Labute approximate surface area is 623 Å². The van der Waals surface area contributed by atoms with Crippen molar-refractivity contribution in [2.45, 2.75) is 320 Å². The minimum Gasteiger partial charge on any atom is -0.508 e. The van der Waals surface area contributed by atoms with Crippen LogP contribution in [-0.2, 0) is 65.0 Å². The van der Waals surface area contributed by atoms with Crippen molar-refractivity contribution < 1.29 is 76.3 Å². The van der Waals surface area contributed by atoms with E-state index in [0.29, 0.717) is 33.5 Å². The van der Waals surface area contributed by atoms with Crippen LogP contribution < -0.4 is 17.2 Å². The molecule has 11 N–H and O–H groups in total. The number of hydrogen-bond donors (Lipinski definition) is 8. The van der Waals surface area contributed by atoms with E-state index in [9.17, 15) is 20.4 Å². The van der Waals surface area contributed by atoms with Crippen LogP contribution in [0.2, 0.25) is 0 Å². The lowest BCUT2D eigenvalue weighted by Crippen LogP contribution is -2.18. The number of nitrogens with two attached hydrogens (primary N) is 3. The summed E-state index contributed by atoms with van der Waals surface area (Å²) < 4.78 is 293. The van der Waals surface area contributed by atoms with E-state index in [1.807, 2.05) is 41.5 Å². The first-order chi connectivity index (χ1) is 56.9. The van der Waals surface area contributed by atoms with Crippen molar-refractivity contribution in [3.05, 3.63) is 163 Å². The highest BCUT2D eigenvalue weighted by Gasteiger charge is 2.29. The van der Waals surface area contributed by atoms with Gasteiger partial charge in [-0.2, -0.15) is 0 Å². The predicted molar refractivity (Wildman–Crippen MR) is 409 cm³/mol. The molecule has 8 nitrogen and oxygen atoms in total. The molecule has 0 aromatic heterocycles. The van der Waals surface area contributed by atoms with Gasteiger partial charge in [0, 0.05) is 80.5 Å². The Morgan fingerprint density at radius 2 is 0.538 bits per heavy atom. The van der Waals surface area contributed by atoms with Crippen molar-refractivity contribution in [3.8, 4) is 28.7 Å². The van der Waals surface area contributed by atoms with Crippen LogP contribution in [0.3, 0.4) is 0 Å². The number of benzene rings is 6. The maximum absolute atomic E-state index is 10.1. The molecule has 0 aliphatic rings. The van der Waals surface area contributed by atoms with E-state index >= 15 is 0 Å². The lowest BCUT2D eigenvalue weighted by atomic mass is 9.79. The van der Waals surface area contributed by atoms with Gasteiger partial charge in [-0.3, -0.25) is 0 Å². The van der Waals surface area contributed by atoms with Crippen LogP contribution in [0.4, 0.5) is 17.1 Å². The first kappa shape index (κ1) is 41.0. The fraction of sp³-hybridized carbons (Fsp3) is 0.576. The molecule has 0 aliphatic carbocycles. The molecule has 0 atom stereocenters. The molecule has 0 saturated carbocycles. The van der Waals surface area contributed by atoms with Crippen molar-refractivity contribution in [2.24, 2.45) is 0 Å². The van der Waals surface area contributed by atoms with Crippen molar-refractivity contribution in [1.29, 1.82) is 1.43 Å². The zero-order valence-corrected chi connectivity index (χ0v) is 60.3. The van der Waals surface area contributed by atoms with Crippen molar-refractivity contribution in [2.75, 3.05) is 17.2 Å². The monoisotopic (exact) mass is 1320 g/mol. The minimum atomic E-state index is -2.86. The van der Waals surface area contributed by atoms with Crippen LogP contribution in [0.15, 0.2) is 90.9 Å². The largest absolute Gasteiger partial charge is 0.508 e. The molecule has 0 heterocycles. The van der Waals surface area contributed by atoms with E-state index in [0.717, 1.165) is 12.5 Å². The summed E-state index contributed by atoms with van der Waals surface area (Å²) in [5, 5.41) is 44.8. The van der Waals surface area contributed by atoms with Gasteiger partial charge in [0.1, 0.15) is 28.7 Å². The predicted octanol–water partition coefficient (Wildman–Crippen LogP) is 23.3. The highest BCUT2D eigenvalue weighted by Crippen LogP contribution is 2.43. The number of nitrogen functional groups attached to an aromatic ring is 3. The fourth-order valence-corrected chi connectivity index (χ4v) is 9.13. The second-order valence-corrected chi connectivity index (χ2v) is 31.2. The Morgan fingerprint density at radius 3 is 0.871 bits per heavy atom. The molecule has 0 spiro atoms. The van der Waals surface area contributed by atoms with E-state index in [-0.39, 0.29) is 103 Å². The van der Waals surface area contributed by atoms with Crippen molar-refractivity contribution >= 4 is 17.1 Å². The summed E-state index contributed by atoms with van der Waals surface area (Å²) in [6.45, 7) is 14.6. The molecule has 6 aromatic rings. The number of hydrogen-bond acceptors (Lipinski definition) is 8. The molecule has 0 unspecified atom stereocenters. The van der Waals surface area contributed by atoms with Gasteiger partial charge in [-0.05, 0) is 174 Å². The quantitative estimate of drug-likeness (QED) is 0.0750. The van der Waals surface area contributed by atoms with Gasteiger partial charge in [-0.15, -0.1) is 0 Å². The minimum absolute atomic E-state index is 0.0103. The Kier molecular flexibility index (Phi) is 13.1. The van der Waals surface area contributed by atoms with Gasteiger partial charge >= 0.3 is 0 Å². The standard InChI is InChI=1S/C15H24.3C14H23NO.2C14H22O/c1-11-8-9-12(14(2,3)4)10-13(11)15(5,6)7;3*1-13(2,3)9-7-10(14(4,5)6)12(16)8-11(9)15;2*1-13(2,3)10-7-8-12(15)11(9-10)14(4,5)6/h8-10H,1-7H3;3*7-8,16H,15H2,1-6H3;2*7-9,15H,1-6H3/i2D3,5D3,6D3,8D;1D3,7D;1D3,4D3;4D3;2*1D3,4D3,8D/hD. The van der Waals surface area contributed by atoms with Crippen molar-refractivity contribution in [3.63, 3.8) is 0 Å². The molecule has 6 aromatic carbocycles. The third-order valence-electron chi connectivity index (χ3n) is 14.6. The average Bonchev–Trinajstić information content (AvgIpc) is 0.743. The molecule has 0 aliphatic heterocycles. The van der Waals surface area contributed by atoms with Crippen LogP contribution in [0, 0.1) is 6.92 Å². The second-order valence-electron chi connectivity index (χ2n) is 31.2. The molecule has 0 fully saturated rings. The lowest BCUT2D eigenvalue weighted by molar-refractivity contribution is 0.444. The summed E-state index contributed by atoms with van der Waals surface area (Å²) in [5.41, 5.74) is 7.42. The first-order valence-electron chi connectivity index (χ1n) is 49.5. The van der Waals surface area contributed by atoms with Gasteiger partial charge in [0.15, 0.2) is 0 Å². The molecular formula is C85H137N3O5. The van der Waals surface area contributed by atoms with E-state index in [1.165, 1.54) is 165 Å². The molecular weight excluding hydrogens is 1140 g/mol. The molecule has 522 valence electrons. The number of aromatic hydroxyl groups is 5. The van der Waals surface area contributed by atoms with Gasteiger partial charge in [0.2, 0.25) is 0 Å². The Hall–Kier alpha value is -6.28. The van der Waals surface area contributed by atoms with Crippen LogP contribution in [-0.4, -0.2) is 27.0 Å². The van der Waals surface area contributed by atoms with E-state index in [2.05, 4.69) is 5.11 Å². The molecule has 93 heavy (non-hydrogen) atoms. The summed E-state index contributed by atoms with van der Waals surface area (Å²) in [7, 11) is 0. The Balaban J connectivity index is 0.000000788. The lowest BCUT2D eigenvalue weighted by Gasteiger charge is -2.27.